The lowest BCUT2D eigenvalue weighted by molar-refractivity contribution is 0.122. The second kappa shape index (κ2) is 8.67. The van der Waals surface area contributed by atoms with Crippen molar-refractivity contribution in [2.24, 2.45) is 0 Å². The zero-order valence-corrected chi connectivity index (χ0v) is 15.9. The summed E-state index contributed by atoms with van der Waals surface area (Å²) >= 11 is 0. The van der Waals surface area contributed by atoms with E-state index in [1.807, 2.05) is 31.5 Å². The van der Waals surface area contributed by atoms with Crippen molar-refractivity contribution >= 4 is 23.1 Å². The van der Waals surface area contributed by atoms with Crippen LogP contribution >= 0.6 is 0 Å². The highest BCUT2D eigenvalue weighted by molar-refractivity contribution is 5.63. The van der Waals surface area contributed by atoms with Crippen LogP contribution in [0, 0.1) is 6.92 Å². The monoisotopic (exact) mass is 376 g/mol. The predicted molar refractivity (Wildman–Crippen MR) is 111 cm³/mol. The molecule has 3 aromatic rings. The molecule has 4 rings (SSSR count). The summed E-state index contributed by atoms with van der Waals surface area (Å²) in [7, 11) is 0. The Labute approximate surface area is 164 Å². The van der Waals surface area contributed by atoms with Crippen molar-refractivity contribution in [1.29, 1.82) is 0 Å². The minimum absolute atomic E-state index is 0.585. The minimum atomic E-state index is 0.585. The molecule has 144 valence electrons. The highest BCUT2D eigenvalue weighted by atomic mass is 16.5. The second-order valence-electron chi connectivity index (χ2n) is 6.71. The fraction of sp³-hybridized carbons (Fsp3) is 0.286. The zero-order valence-electron chi connectivity index (χ0n) is 15.9. The van der Waals surface area contributed by atoms with Crippen molar-refractivity contribution in [3.63, 3.8) is 0 Å². The van der Waals surface area contributed by atoms with Crippen molar-refractivity contribution in [2.75, 3.05) is 41.8 Å². The van der Waals surface area contributed by atoms with Gasteiger partial charge in [-0.25, -0.2) is 4.98 Å². The second-order valence-corrected chi connectivity index (χ2v) is 6.71. The van der Waals surface area contributed by atoms with Crippen LogP contribution in [-0.4, -0.2) is 41.3 Å². The van der Waals surface area contributed by atoms with Crippen LogP contribution in [0.5, 0.6) is 0 Å². The average Bonchev–Trinajstić information content (AvgIpc) is 2.76. The highest BCUT2D eigenvalue weighted by Crippen LogP contribution is 2.23. The van der Waals surface area contributed by atoms with Crippen molar-refractivity contribution in [1.82, 2.24) is 15.0 Å². The Bertz CT molecular complexity index is 895. The Morgan fingerprint density at radius 2 is 1.89 bits per heavy atom. The first-order valence-corrected chi connectivity index (χ1v) is 9.44. The average molecular weight is 376 g/mol. The molecule has 7 nitrogen and oxygen atoms in total. The van der Waals surface area contributed by atoms with Gasteiger partial charge in [0.1, 0.15) is 5.82 Å². The first-order valence-electron chi connectivity index (χ1n) is 9.44. The molecule has 0 amide bonds. The SMILES string of the molecule is Cc1cnc(NCc2cccnc2)nc1Nc1ccc(N2CCOCC2)cc1. The molecule has 0 aliphatic carbocycles. The van der Waals surface area contributed by atoms with E-state index in [1.165, 1.54) is 5.69 Å². The number of anilines is 4. The van der Waals surface area contributed by atoms with Crippen LogP contribution in [0.15, 0.2) is 55.0 Å². The standard InChI is InChI=1S/C21H24N6O/c1-16-13-23-21(24-15-17-3-2-8-22-14-17)26-20(16)25-18-4-6-19(7-5-18)27-9-11-28-12-10-27/h2-8,13-14H,9-12,15H2,1H3,(H2,23,24,25,26). The fourth-order valence-electron chi connectivity index (χ4n) is 3.05. The van der Waals surface area contributed by atoms with Gasteiger partial charge in [-0.05, 0) is 42.8 Å². The number of aryl methyl sites for hydroxylation is 1. The molecule has 0 saturated carbocycles. The molecule has 0 radical (unpaired) electrons. The molecule has 1 aromatic carbocycles. The maximum absolute atomic E-state index is 5.42. The van der Waals surface area contributed by atoms with Gasteiger partial charge in [-0.3, -0.25) is 4.98 Å². The molecule has 0 spiro atoms. The van der Waals surface area contributed by atoms with Crippen LogP contribution < -0.4 is 15.5 Å². The van der Waals surface area contributed by atoms with Gasteiger partial charge >= 0.3 is 0 Å². The number of rotatable bonds is 6. The van der Waals surface area contributed by atoms with Crippen LogP contribution in [0.2, 0.25) is 0 Å². The lowest BCUT2D eigenvalue weighted by Gasteiger charge is -2.28. The van der Waals surface area contributed by atoms with Crippen molar-refractivity contribution in [2.45, 2.75) is 13.5 Å². The van der Waals surface area contributed by atoms with E-state index in [9.17, 15) is 0 Å². The number of aromatic nitrogens is 3. The van der Waals surface area contributed by atoms with Gasteiger partial charge < -0.3 is 20.3 Å². The summed E-state index contributed by atoms with van der Waals surface area (Å²) in [5.74, 6) is 1.38. The molecule has 2 N–H and O–H groups in total. The topological polar surface area (TPSA) is 75.2 Å². The smallest absolute Gasteiger partial charge is 0.224 e. The molecule has 3 heterocycles. The molecular formula is C21H24N6O. The van der Waals surface area contributed by atoms with Crippen LogP contribution in [0.4, 0.5) is 23.1 Å². The molecule has 1 saturated heterocycles. The summed E-state index contributed by atoms with van der Waals surface area (Å²) < 4.78 is 5.42. The van der Waals surface area contributed by atoms with Crippen molar-refractivity contribution in [3.05, 3.63) is 66.1 Å². The third-order valence-electron chi connectivity index (χ3n) is 4.65. The van der Waals surface area contributed by atoms with Gasteiger partial charge in [0.05, 0.1) is 13.2 Å². The van der Waals surface area contributed by atoms with E-state index in [-0.39, 0.29) is 0 Å². The molecule has 2 aromatic heterocycles. The molecule has 0 bridgehead atoms. The number of benzene rings is 1. The van der Waals surface area contributed by atoms with E-state index in [4.69, 9.17) is 4.74 Å². The molecule has 7 heteroatoms. The molecule has 0 unspecified atom stereocenters. The Morgan fingerprint density at radius 1 is 1.07 bits per heavy atom. The van der Waals surface area contributed by atoms with Gasteiger partial charge in [-0.2, -0.15) is 4.98 Å². The van der Waals surface area contributed by atoms with Crippen LogP contribution in [-0.2, 0) is 11.3 Å². The van der Waals surface area contributed by atoms with Gasteiger partial charge in [0.25, 0.3) is 0 Å². The van der Waals surface area contributed by atoms with Gasteiger partial charge in [0, 0.05) is 55.2 Å². The highest BCUT2D eigenvalue weighted by Gasteiger charge is 2.11. The van der Waals surface area contributed by atoms with Gasteiger partial charge in [0.15, 0.2) is 0 Å². The van der Waals surface area contributed by atoms with E-state index in [0.29, 0.717) is 12.5 Å². The zero-order chi connectivity index (χ0) is 19.2. The lowest BCUT2D eigenvalue weighted by atomic mass is 10.2. The van der Waals surface area contributed by atoms with E-state index < -0.39 is 0 Å². The summed E-state index contributed by atoms with van der Waals surface area (Å²) in [6.45, 7) is 6.07. The molecule has 1 aliphatic heterocycles. The molecular weight excluding hydrogens is 352 g/mol. The number of nitrogens with zero attached hydrogens (tertiary/aromatic N) is 4. The summed E-state index contributed by atoms with van der Waals surface area (Å²) in [5.41, 5.74) is 4.29. The van der Waals surface area contributed by atoms with Gasteiger partial charge in [-0.15, -0.1) is 0 Å². The van der Waals surface area contributed by atoms with Gasteiger partial charge in [0.2, 0.25) is 5.95 Å². The Hall–Kier alpha value is -3.19. The Balaban J connectivity index is 1.42. The van der Waals surface area contributed by atoms with Crippen LogP contribution in [0.3, 0.4) is 0 Å². The molecule has 1 fully saturated rings. The lowest BCUT2D eigenvalue weighted by Crippen LogP contribution is -2.36. The Morgan fingerprint density at radius 3 is 2.64 bits per heavy atom. The summed E-state index contributed by atoms with van der Waals surface area (Å²) in [4.78, 5) is 15.4. The maximum Gasteiger partial charge on any atom is 0.224 e. The summed E-state index contributed by atoms with van der Waals surface area (Å²) in [6, 6.07) is 12.4. The number of hydrogen-bond acceptors (Lipinski definition) is 7. The molecule has 0 atom stereocenters. The fourth-order valence-corrected chi connectivity index (χ4v) is 3.05. The van der Waals surface area contributed by atoms with E-state index in [0.717, 1.165) is 48.9 Å². The summed E-state index contributed by atoms with van der Waals surface area (Å²) in [6.07, 6.45) is 5.41. The van der Waals surface area contributed by atoms with Crippen molar-refractivity contribution in [3.8, 4) is 0 Å². The van der Waals surface area contributed by atoms with E-state index in [2.05, 4.69) is 54.8 Å². The third kappa shape index (κ3) is 4.55. The van der Waals surface area contributed by atoms with Gasteiger partial charge in [-0.1, -0.05) is 6.07 Å². The van der Waals surface area contributed by atoms with E-state index in [1.54, 1.807) is 6.20 Å². The quantitative estimate of drug-likeness (QED) is 0.683. The largest absolute Gasteiger partial charge is 0.378 e. The summed E-state index contributed by atoms with van der Waals surface area (Å²) in [5, 5.41) is 6.64. The van der Waals surface area contributed by atoms with Crippen molar-refractivity contribution < 1.29 is 4.74 Å². The van der Waals surface area contributed by atoms with Crippen LogP contribution in [0.1, 0.15) is 11.1 Å². The predicted octanol–water partition coefficient (Wildman–Crippen LogP) is 3.37. The maximum atomic E-state index is 5.42. The normalized spacial score (nSPS) is 14.0. The van der Waals surface area contributed by atoms with E-state index >= 15 is 0 Å². The number of ether oxygens (including phenoxy) is 1. The number of morpholine rings is 1. The number of hydrogen-bond donors (Lipinski definition) is 2. The molecule has 1 aliphatic rings. The Kier molecular flexibility index (Phi) is 5.63. The third-order valence-corrected chi connectivity index (χ3v) is 4.65. The number of pyridine rings is 1. The first kappa shape index (κ1) is 18.2. The van der Waals surface area contributed by atoms with Crippen LogP contribution in [0.25, 0.3) is 0 Å². The minimum Gasteiger partial charge on any atom is -0.378 e. The first-order chi connectivity index (χ1) is 13.8. The number of nitrogens with one attached hydrogen (secondary N) is 2. The molecule has 28 heavy (non-hydrogen) atoms.